The van der Waals surface area contributed by atoms with Crippen molar-refractivity contribution in [2.75, 3.05) is 0 Å². The summed E-state index contributed by atoms with van der Waals surface area (Å²) >= 11 is 0. The molecule has 1 aliphatic rings. The molecule has 0 heteroatoms. The number of fused-ring (bicyclic) bond motifs is 3. The van der Waals surface area contributed by atoms with Crippen molar-refractivity contribution in [2.45, 2.75) is 33.1 Å². The number of rotatable bonds is 2. The molecule has 0 unspecified atom stereocenters. The fourth-order valence-electron chi connectivity index (χ4n) is 2.87. The van der Waals surface area contributed by atoms with E-state index in [-0.39, 0.29) is 0 Å². The maximum atomic E-state index is 2.38. The monoisotopic (exact) mass is 222 g/mol. The molecular weight excluding hydrogens is 204 g/mol. The van der Waals surface area contributed by atoms with E-state index in [0.717, 1.165) is 19.3 Å². The van der Waals surface area contributed by atoms with Gasteiger partial charge in [-0.05, 0) is 52.6 Å². The molecular formula is C17H18. The second-order valence-corrected chi connectivity index (χ2v) is 4.82. The minimum absolute atomic E-state index is 1.12. The van der Waals surface area contributed by atoms with Gasteiger partial charge in [0.1, 0.15) is 0 Å². The normalized spacial score (nSPS) is 12.4. The van der Waals surface area contributed by atoms with Crippen LogP contribution in [0.25, 0.3) is 11.1 Å². The van der Waals surface area contributed by atoms with E-state index < -0.39 is 0 Å². The second-order valence-electron chi connectivity index (χ2n) is 4.82. The van der Waals surface area contributed by atoms with Crippen LogP contribution >= 0.6 is 0 Å². The lowest BCUT2D eigenvalue weighted by molar-refractivity contribution is 1.08. The van der Waals surface area contributed by atoms with Crippen LogP contribution < -0.4 is 0 Å². The zero-order valence-electron chi connectivity index (χ0n) is 10.6. The first-order valence-corrected chi connectivity index (χ1v) is 6.56. The molecule has 0 bridgehead atoms. The minimum atomic E-state index is 1.12. The largest absolute Gasteiger partial charge is 0.0614 e. The summed E-state index contributed by atoms with van der Waals surface area (Å²) in [5, 5.41) is 0. The molecule has 0 aromatic heterocycles. The van der Waals surface area contributed by atoms with Crippen molar-refractivity contribution in [2.24, 2.45) is 0 Å². The van der Waals surface area contributed by atoms with Gasteiger partial charge in [0.25, 0.3) is 0 Å². The summed E-state index contributed by atoms with van der Waals surface area (Å²) in [6.45, 7) is 4.47. The van der Waals surface area contributed by atoms with E-state index in [0.29, 0.717) is 0 Å². The molecule has 17 heavy (non-hydrogen) atoms. The van der Waals surface area contributed by atoms with Gasteiger partial charge in [0, 0.05) is 0 Å². The van der Waals surface area contributed by atoms with Crippen LogP contribution in [0.1, 0.15) is 36.1 Å². The zero-order chi connectivity index (χ0) is 11.8. The van der Waals surface area contributed by atoms with Crippen LogP contribution in [0, 0.1) is 0 Å². The third kappa shape index (κ3) is 1.59. The minimum Gasteiger partial charge on any atom is -0.0614 e. The van der Waals surface area contributed by atoms with Gasteiger partial charge >= 0.3 is 0 Å². The molecule has 0 saturated heterocycles. The van der Waals surface area contributed by atoms with Crippen LogP contribution in [0.4, 0.5) is 0 Å². The van der Waals surface area contributed by atoms with Crippen LogP contribution in [0.3, 0.4) is 0 Å². The fourth-order valence-corrected chi connectivity index (χ4v) is 2.87. The number of hydrogen-bond acceptors (Lipinski definition) is 0. The van der Waals surface area contributed by atoms with Gasteiger partial charge in [0.05, 0.1) is 0 Å². The molecule has 0 atom stereocenters. The number of aryl methyl sites for hydroxylation is 2. The van der Waals surface area contributed by atoms with Gasteiger partial charge in [-0.25, -0.2) is 0 Å². The van der Waals surface area contributed by atoms with Gasteiger partial charge in [-0.1, -0.05) is 50.2 Å². The number of benzene rings is 2. The lowest BCUT2D eigenvalue weighted by atomic mass is 9.99. The fraction of sp³-hybridized carbons (Fsp3) is 0.294. The first kappa shape index (κ1) is 10.6. The molecule has 0 saturated carbocycles. The molecule has 2 aromatic rings. The van der Waals surface area contributed by atoms with E-state index in [2.05, 4.69) is 50.2 Å². The topological polar surface area (TPSA) is 0 Å². The van der Waals surface area contributed by atoms with E-state index in [1.54, 1.807) is 5.56 Å². The average molecular weight is 222 g/mol. The highest BCUT2D eigenvalue weighted by Gasteiger charge is 2.20. The summed E-state index contributed by atoms with van der Waals surface area (Å²) in [6, 6.07) is 13.7. The summed E-state index contributed by atoms with van der Waals surface area (Å²) < 4.78 is 0. The standard InChI is InChI=1S/C17H18/c1-3-12-8-9-14-11-17-13(4-2)6-5-7-15(17)16(14)10-12/h5-10H,3-4,11H2,1-2H3. The Balaban J connectivity index is 2.19. The molecule has 0 N–H and O–H groups in total. The zero-order valence-corrected chi connectivity index (χ0v) is 10.6. The van der Waals surface area contributed by atoms with Gasteiger partial charge in [0.15, 0.2) is 0 Å². The smallest absolute Gasteiger partial charge is 0.00107 e. The Morgan fingerprint density at radius 1 is 0.941 bits per heavy atom. The molecule has 0 amide bonds. The Morgan fingerprint density at radius 3 is 2.59 bits per heavy atom. The van der Waals surface area contributed by atoms with Crippen molar-refractivity contribution >= 4 is 0 Å². The summed E-state index contributed by atoms with van der Waals surface area (Å²) in [4.78, 5) is 0. The molecule has 0 radical (unpaired) electrons. The van der Waals surface area contributed by atoms with Gasteiger partial charge in [-0.3, -0.25) is 0 Å². The van der Waals surface area contributed by atoms with Crippen molar-refractivity contribution in [1.82, 2.24) is 0 Å². The average Bonchev–Trinajstić information content (AvgIpc) is 2.76. The third-order valence-electron chi connectivity index (χ3n) is 3.89. The highest BCUT2D eigenvalue weighted by molar-refractivity contribution is 5.78. The Hall–Kier alpha value is -1.56. The summed E-state index contributed by atoms with van der Waals surface area (Å²) in [5.74, 6) is 0. The van der Waals surface area contributed by atoms with Crippen LogP contribution in [0.2, 0.25) is 0 Å². The highest BCUT2D eigenvalue weighted by atomic mass is 14.2. The Bertz CT molecular complexity index is 564. The summed E-state index contributed by atoms with van der Waals surface area (Å²) in [7, 11) is 0. The Morgan fingerprint density at radius 2 is 1.82 bits per heavy atom. The molecule has 86 valence electrons. The SMILES string of the molecule is CCc1ccc2c(c1)-c1cccc(CC)c1C2. The first-order valence-electron chi connectivity index (χ1n) is 6.56. The maximum Gasteiger partial charge on any atom is -0.00107 e. The van der Waals surface area contributed by atoms with Gasteiger partial charge in [0.2, 0.25) is 0 Å². The predicted molar refractivity (Wildman–Crippen MR) is 73.4 cm³/mol. The maximum absolute atomic E-state index is 2.38. The third-order valence-corrected chi connectivity index (χ3v) is 3.89. The Kier molecular flexibility index (Phi) is 2.51. The lowest BCUT2D eigenvalue weighted by Crippen LogP contribution is -1.89. The molecule has 3 rings (SSSR count). The molecule has 0 fully saturated rings. The Labute approximate surface area is 103 Å². The second kappa shape index (κ2) is 4.03. The van der Waals surface area contributed by atoms with Crippen molar-refractivity contribution in [1.29, 1.82) is 0 Å². The van der Waals surface area contributed by atoms with Crippen LogP contribution in [-0.4, -0.2) is 0 Å². The highest BCUT2D eigenvalue weighted by Crippen LogP contribution is 2.38. The van der Waals surface area contributed by atoms with Gasteiger partial charge in [-0.2, -0.15) is 0 Å². The molecule has 0 aliphatic heterocycles. The van der Waals surface area contributed by atoms with E-state index in [4.69, 9.17) is 0 Å². The van der Waals surface area contributed by atoms with Crippen LogP contribution in [-0.2, 0) is 19.3 Å². The molecule has 1 aliphatic carbocycles. The van der Waals surface area contributed by atoms with Crippen molar-refractivity contribution in [3.8, 4) is 11.1 Å². The lowest BCUT2D eigenvalue weighted by Gasteiger charge is -2.06. The van der Waals surface area contributed by atoms with E-state index in [9.17, 15) is 0 Å². The quantitative estimate of drug-likeness (QED) is 0.603. The van der Waals surface area contributed by atoms with Gasteiger partial charge in [-0.15, -0.1) is 0 Å². The van der Waals surface area contributed by atoms with Crippen molar-refractivity contribution in [3.63, 3.8) is 0 Å². The van der Waals surface area contributed by atoms with Crippen molar-refractivity contribution < 1.29 is 0 Å². The summed E-state index contributed by atoms with van der Waals surface area (Å²) in [5.41, 5.74) is 8.94. The predicted octanol–water partition coefficient (Wildman–Crippen LogP) is 4.38. The molecule has 0 nitrogen and oxygen atoms in total. The van der Waals surface area contributed by atoms with E-state index in [1.165, 1.54) is 27.8 Å². The molecule has 0 heterocycles. The first-order chi connectivity index (χ1) is 8.33. The van der Waals surface area contributed by atoms with Crippen molar-refractivity contribution in [3.05, 3.63) is 58.7 Å². The molecule has 2 aromatic carbocycles. The van der Waals surface area contributed by atoms with Crippen LogP contribution in [0.15, 0.2) is 36.4 Å². The van der Waals surface area contributed by atoms with E-state index >= 15 is 0 Å². The summed E-state index contributed by atoms with van der Waals surface area (Å²) in [6.07, 6.45) is 3.38. The van der Waals surface area contributed by atoms with E-state index in [1.807, 2.05) is 0 Å². The van der Waals surface area contributed by atoms with Gasteiger partial charge < -0.3 is 0 Å². The molecule has 0 spiro atoms. The number of hydrogen-bond donors (Lipinski definition) is 0. The van der Waals surface area contributed by atoms with Crippen LogP contribution in [0.5, 0.6) is 0 Å².